The summed E-state index contributed by atoms with van der Waals surface area (Å²) in [4.78, 5) is 16.1. The molecule has 0 aliphatic heterocycles. The molecule has 1 aliphatic rings. The molecule has 0 bridgehead atoms. The number of amides is 1. The van der Waals surface area contributed by atoms with Crippen LogP contribution in [0, 0.1) is 0 Å². The standard InChI is InChI=1S/C17H19F3N6OS/c18-17(19,20)12-7-5-11(6-8-12)9-21-14(27)10-28-16-22-15(25-26-16)24-23-13-3-1-2-4-13/h5-8H,1-4,9-10H2,(H,21,27)(H2,22,24,25,26). The number of nitrogens with zero attached hydrogens (tertiary/aromatic N) is 3. The number of alkyl halides is 3. The number of hydrazone groups is 1. The van der Waals surface area contributed by atoms with Crippen LogP contribution in [0.5, 0.6) is 0 Å². The van der Waals surface area contributed by atoms with Gasteiger partial charge in [0.2, 0.25) is 17.0 Å². The number of thioether (sulfide) groups is 1. The van der Waals surface area contributed by atoms with Gasteiger partial charge in [0.05, 0.1) is 11.3 Å². The minimum atomic E-state index is -4.37. The first-order valence-corrected chi connectivity index (χ1v) is 9.68. The zero-order chi connectivity index (χ0) is 20.0. The molecule has 0 saturated heterocycles. The predicted octanol–water partition coefficient (Wildman–Crippen LogP) is 3.57. The van der Waals surface area contributed by atoms with Gasteiger partial charge in [-0.1, -0.05) is 23.9 Å². The van der Waals surface area contributed by atoms with E-state index in [1.54, 1.807) is 0 Å². The minimum absolute atomic E-state index is 0.0897. The Balaban J connectivity index is 1.40. The van der Waals surface area contributed by atoms with Crippen molar-refractivity contribution in [1.29, 1.82) is 0 Å². The van der Waals surface area contributed by atoms with Crippen molar-refractivity contribution in [2.45, 2.75) is 43.6 Å². The van der Waals surface area contributed by atoms with Gasteiger partial charge in [0.15, 0.2) is 0 Å². The highest BCUT2D eigenvalue weighted by Crippen LogP contribution is 2.29. The molecule has 1 aromatic carbocycles. The summed E-state index contributed by atoms with van der Waals surface area (Å²) in [5.41, 5.74) is 3.79. The Bertz CT molecular complexity index is 826. The van der Waals surface area contributed by atoms with Crippen molar-refractivity contribution in [1.82, 2.24) is 20.5 Å². The van der Waals surface area contributed by atoms with Gasteiger partial charge in [0, 0.05) is 12.3 Å². The van der Waals surface area contributed by atoms with E-state index in [9.17, 15) is 18.0 Å². The van der Waals surface area contributed by atoms with Gasteiger partial charge in [0.1, 0.15) is 0 Å². The maximum Gasteiger partial charge on any atom is 0.416 e. The van der Waals surface area contributed by atoms with Gasteiger partial charge in [-0.3, -0.25) is 4.79 Å². The van der Waals surface area contributed by atoms with E-state index in [0.29, 0.717) is 16.7 Å². The number of carbonyl (C=O) groups excluding carboxylic acids is 1. The molecule has 11 heteroatoms. The van der Waals surface area contributed by atoms with E-state index in [4.69, 9.17) is 0 Å². The monoisotopic (exact) mass is 412 g/mol. The molecule has 0 spiro atoms. The van der Waals surface area contributed by atoms with Gasteiger partial charge >= 0.3 is 6.18 Å². The fraction of sp³-hybridized carbons (Fsp3) is 0.412. The number of rotatable bonds is 7. The molecule has 3 rings (SSSR count). The summed E-state index contributed by atoms with van der Waals surface area (Å²) < 4.78 is 37.6. The highest BCUT2D eigenvalue weighted by atomic mass is 32.2. The van der Waals surface area contributed by atoms with Crippen LogP contribution in [-0.4, -0.2) is 32.6 Å². The van der Waals surface area contributed by atoms with E-state index in [1.165, 1.54) is 12.1 Å². The first-order chi connectivity index (χ1) is 13.4. The number of aromatic nitrogens is 3. The van der Waals surface area contributed by atoms with E-state index in [1.807, 2.05) is 0 Å². The lowest BCUT2D eigenvalue weighted by Crippen LogP contribution is -2.24. The molecule has 1 fully saturated rings. The van der Waals surface area contributed by atoms with Gasteiger partial charge < -0.3 is 5.32 Å². The SMILES string of the molecule is O=C(CSc1n[nH]c(NN=C2CCCC2)n1)NCc1ccc(C(F)(F)F)cc1. The first kappa shape index (κ1) is 20.2. The molecule has 150 valence electrons. The largest absolute Gasteiger partial charge is 0.416 e. The lowest BCUT2D eigenvalue weighted by atomic mass is 10.1. The maximum absolute atomic E-state index is 12.5. The van der Waals surface area contributed by atoms with Crippen LogP contribution in [0.15, 0.2) is 34.5 Å². The smallest absolute Gasteiger partial charge is 0.351 e. The minimum Gasteiger partial charge on any atom is -0.351 e. The van der Waals surface area contributed by atoms with Crippen LogP contribution < -0.4 is 10.7 Å². The fourth-order valence-corrected chi connectivity index (χ4v) is 3.21. The van der Waals surface area contributed by atoms with Gasteiger partial charge in [-0.15, -0.1) is 5.10 Å². The molecule has 0 radical (unpaired) electrons. The molecule has 1 aliphatic carbocycles. The zero-order valence-corrected chi connectivity index (χ0v) is 15.7. The molecule has 2 aromatic rings. The van der Waals surface area contributed by atoms with Crippen molar-refractivity contribution in [3.05, 3.63) is 35.4 Å². The average Bonchev–Trinajstić information content (AvgIpc) is 3.34. The molecular formula is C17H19F3N6OS. The molecule has 1 amide bonds. The number of carbonyl (C=O) groups is 1. The lowest BCUT2D eigenvalue weighted by Gasteiger charge is -2.08. The van der Waals surface area contributed by atoms with Crippen molar-refractivity contribution in [3.8, 4) is 0 Å². The Labute approximate surface area is 163 Å². The molecule has 0 atom stereocenters. The number of benzene rings is 1. The van der Waals surface area contributed by atoms with Gasteiger partial charge in [-0.2, -0.15) is 23.3 Å². The number of H-pyrrole nitrogens is 1. The number of hydrogen-bond acceptors (Lipinski definition) is 6. The van der Waals surface area contributed by atoms with Crippen molar-refractivity contribution in [2.75, 3.05) is 11.2 Å². The summed E-state index contributed by atoms with van der Waals surface area (Å²) in [5.74, 6) is 0.231. The Morgan fingerprint density at radius 2 is 1.93 bits per heavy atom. The molecule has 1 saturated carbocycles. The third-order valence-electron chi connectivity index (χ3n) is 4.07. The number of nitrogens with one attached hydrogen (secondary N) is 3. The number of aromatic amines is 1. The Kier molecular flexibility index (Phi) is 6.55. The normalized spacial score (nSPS) is 14.2. The van der Waals surface area contributed by atoms with E-state index >= 15 is 0 Å². The summed E-state index contributed by atoms with van der Waals surface area (Å²) in [6, 6.07) is 4.67. The maximum atomic E-state index is 12.5. The summed E-state index contributed by atoms with van der Waals surface area (Å²) in [6.45, 7) is 0.149. The van der Waals surface area contributed by atoms with Crippen LogP contribution in [-0.2, 0) is 17.5 Å². The molecular weight excluding hydrogens is 393 g/mol. The summed E-state index contributed by atoms with van der Waals surface area (Å²) >= 11 is 1.15. The van der Waals surface area contributed by atoms with Crippen LogP contribution in [0.3, 0.4) is 0 Å². The number of hydrogen-bond donors (Lipinski definition) is 3. The van der Waals surface area contributed by atoms with Crippen molar-refractivity contribution < 1.29 is 18.0 Å². The summed E-state index contributed by atoms with van der Waals surface area (Å²) in [5, 5.41) is 14.0. The van der Waals surface area contributed by atoms with E-state index in [0.717, 1.165) is 55.3 Å². The van der Waals surface area contributed by atoms with E-state index in [-0.39, 0.29) is 18.2 Å². The van der Waals surface area contributed by atoms with Crippen LogP contribution in [0.2, 0.25) is 0 Å². The van der Waals surface area contributed by atoms with E-state index in [2.05, 4.69) is 31.0 Å². The molecule has 28 heavy (non-hydrogen) atoms. The Hall–Kier alpha value is -2.56. The molecule has 3 N–H and O–H groups in total. The van der Waals surface area contributed by atoms with Crippen molar-refractivity contribution in [3.63, 3.8) is 0 Å². The fourth-order valence-electron chi connectivity index (χ4n) is 2.58. The predicted molar refractivity (Wildman–Crippen MR) is 99.9 cm³/mol. The number of halogens is 3. The van der Waals surface area contributed by atoms with Gasteiger partial charge in [0.25, 0.3) is 0 Å². The number of anilines is 1. The molecule has 1 aromatic heterocycles. The average molecular weight is 412 g/mol. The highest BCUT2D eigenvalue weighted by molar-refractivity contribution is 7.99. The van der Waals surface area contributed by atoms with Crippen molar-refractivity contribution >= 4 is 29.3 Å². The highest BCUT2D eigenvalue weighted by Gasteiger charge is 2.29. The van der Waals surface area contributed by atoms with Crippen LogP contribution in [0.25, 0.3) is 0 Å². The summed E-state index contributed by atoms with van der Waals surface area (Å²) in [6.07, 6.45) is -0.0886. The van der Waals surface area contributed by atoms with Crippen molar-refractivity contribution in [2.24, 2.45) is 5.10 Å². The van der Waals surface area contributed by atoms with Gasteiger partial charge in [-0.05, 0) is 43.4 Å². The van der Waals surface area contributed by atoms with Crippen LogP contribution in [0.1, 0.15) is 36.8 Å². The second-order valence-corrected chi connectivity index (χ2v) is 7.17. The topological polar surface area (TPSA) is 95.1 Å². The molecule has 7 nitrogen and oxygen atoms in total. The third kappa shape index (κ3) is 5.98. The first-order valence-electron chi connectivity index (χ1n) is 8.69. The molecule has 1 heterocycles. The van der Waals surface area contributed by atoms with Crippen LogP contribution in [0.4, 0.5) is 19.1 Å². The zero-order valence-electron chi connectivity index (χ0n) is 14.8. The van der Waals surface area contributed by atoms with E-state index < -0.39 is 11.7 Å². The second kappa shape index (κ2) is 9.09. The third-order valence-corrected chi connectivity index (χ3v) is 4.92. The second-order valence-electron chi connectivity index (χ2n) is 6.22. The quantitative estimate of drug-likeness (QED) is 0.477. The van der Waals surface area contributed by atoms with Crippen LogP contribution >= 0.6 is 11.8 Å². The van der Waals surface area contributed by atoms with Gasteiger partial charge in [-0.25, -0.2) is 10.5 Å². The lowest BCUT2D eigenvalue weighted by molar-refractivity contribution is -0.137. The molecule has 0 unspecified atom stereocenters. The summed E-state index contributed by atoms with van der Waals surface area (Å²) in [7, 11) is 0. The Morgan fingerprint density at radius 1 is 1.21 bits per heavy atom. The Morgan fingerprint density at radius 3 is 2.61 bits per heavy atom.